The zero-order valence-corrected chi connectivity index (χ0v) is 15.6. The fourth-order valence-electron chi connectivity index (χ4n) is 2.89. The molecule has 1 amide bonds. The van der Waals surface area contributed by atoms with Crippen LogP contribution in [0.2, 0.25) is 0 Å². The highest BCUT2D eigenvalue weighted by molar-refractivity contribution is 7.99. The van der Waals surface area contributed by atoms with Gasteiger partial charge in [-0.3, -0.25) is 4.79 Å². The molecule has 3 aromatic rings. The first kappa shape index (κ1) is 17.2. The van der Waals surface area contributed by atoms with Crippen molar-refractivity contribution in [1.82, 2.24) is 25.1 Å². The van der Waals surface area contributed by atoms with E-state index >= 15 is 0 Å². The minimum absolute atomic E-state index is 0.0877. The van der Waals surface area contributed by atoms with E-state index in [1.165, 1.54) is 11.8 Å². The van der Waals surface area contributed by atoms with Gasteiger partial charge in [-0.15, -0.1) is 10.2 Å². The van der Waals surface area contributed by atoms with Crippen molar-refractivity contribution in [3.63, 3.8) is 0 Å². The van der Waals surface area contributed by atoms with Crippen molar-refractivity contribution in [2.24, 2.45) is 0 Å². The molecule has 0 radical (unpaired) electrons. The van der Waals surface area contributed by atoms with Crippen LogP contribution in [0.15, 0.2) is 44.9 Å². The normalized spacial score (nSPS) is 17.4. The summed E-state index contributed by atoms with van der Waals surface area (Å²) in [6.07, 6.45) is 5.23. The minimum Gasteiger partial charge on any atom is -0.420 e. The van der Waals surface area contributed by atoms with E-state index in [4.69, 9.17) is 4.42 Å². The van der Waals surface area contributed by atoms with Gasteiger partial charge in [0.05, 0.1) is 11.7 Å². The number of nitrogens with zero attached hydrogens (tertiary/aromatic N) is 5. The van der Waals surface area contributed by atoms with E-state index in [9.17, 15) is 4.79 Å². The molecule has 0 bridgehead atoms. The van der Waals surface area contributed by atoms with Gasteiger partial charge in [0.15, 0.2) is 5.16 Å². The van der Waals surface area contributed by atoms with E-state index in [1.54, 1.807) is 29.8 Å². The third-order valence-electron chi connectivity index (χ3n) is 4.20. The summed E-state index contributed by atoms with van der Waals surface area (Å²) in [6, 6.07) is 3.72. The van der Waals surface area contributed by atoms with Gasteiger partial charge >= 0.3 is 0 Å². The Kier molecular flexibility index (Phi) is 5.26. The van der Waals surface area contributed by atoms with Crippen LogP contribution in [0.3, 0.4) is 0 Å². The third-order valence-corrected chi connectivity index (χ3v) is 5.74. The summed E-state index contributed by atoms with van der Waals surface area (Å²) in [5.74, 6) is 1.67. The van der Waals surface area contributed by atoms with Crippen LogP contribution in [0.1, 0.15) is 24.7 Å². The second kappa shape index (κ2) is 7.96. The second-order valence-corrected chi connectivity index (χ2v) is 7.68. The molecule has 26 heavy (non-hydrogen) atoms. The van der Waals surface area contributed by atoms with Gasteiger partial charge < -0.3 is 9.32 Å². The predicted octanol–water partition coefficient (Wildman–Crippen LogP) is 3.09. The predicted molar refractivity (Wildman–Crippen MR) is 98.9 cm³/mol. The zero-order valence-electron chi connectivity index (χ0n) is 13.9. The van der Waals surface area contributed by atoms with Gasteiger partial charge in [0, 0.05) is 36.4 Å². The highest BCUT2D eigenvalue weighted by Crippen LogP contribution is 2.29. The quantitative estimate of drug-likeness (QED) is 0.491. The summed E-state index contributed by atoms with van der Waals surface area (Å²) in [5.41, 5.74) is 0.941. The molecule has 1 aliphatic rings. The lowest BCUT2D eigenvalue weighted by atomic mass is 9.98. The highest BCUT2D eigenvalue weighted by atomic mass is 32.2. The third kappa shape index (κ3) is 3.94. The molecule has 3 aromatic heterocycles. The smallest absolute Gasteiger partial charge is 0.248 e. The van der Waals surface area contributed by atoms with Crippen molar-refractivity contribution >= 4 is 29.0 Å². The van der Waals surface area contributed by atoms with Gasteiger partial charge in [0.2, 0.25) is 17.7 Å². The van der Waals surface area contributed by atoms with Gasteiger partial charge in [0.1, 0.15) is 0 Å². The number of amides is 1. The van der Waals surface area contributed by atoms with Crippen LogP contribution in [0.4, 0.5) is 0 Å². The lowest BCUT2D eigenvalue weighted by molar-refractivity contribution is -0.129. The summed E-state index contributed by atoms with van der Waals surface area (Å²) < 4.78 is 5.85. The van der Waals surface area contributed by atoms with Crippen molar-refractivity contribution < 1.29 is 9.21 Å². The molecule has 9 heteroatoms. The number of likely N-dealkylation sites (tertiary alicyclic amines) is 1. The number of thioether (sulfide) groups is 1. The monoisotopic (exact) mass is 387 g/mol. The van der Waals surface area contributed by atoms with Crippen LogP contribution in [-0.2, 0) is 4.79 Å². The van der Waals surface area contributed by atoms with Gasteiger partial charge in [-0.2, -0.15) is 11.3 Å². The summed E-state index contributed by atoms with van der Waals surface area (Å²) in [7, 11) is 0. The molecule has 0 N–H and O–H groups in total. The average Bonchev–Trinajstić information content (AvgIpc) is 3.38. The number of thiophene rings is 1. The van der Waals surface area contributed by atoms with E-state index in [1.807, 2.05) is 21.7 Å². The summed E-state index contributed by atoms with van der Waals surface area (Å²) >= 11 is 2.95. The fraction of sp³-hybridized carbons (Fsp3) is 0.353. The molecule has 134 valence electrons. The Morgan fingerprint density at radius 2 is 2.23 bits per heavy atom. The average molecular weight is 387 g/mol. The minimum atomic E-state index is 0.0877. The Bertz CT molecular complexity index is 853. The zero-order chi connectivity index (χ0) is 17.8. The molecule has 0 saturated carbocycles. The highest BCUT2D eigenvalue weighted by Gasteiger charge is 2.28. The number of rotatable bonds is 5. The van der Waals surface area contributed by atoms with Crippen LogP contribution in [0.5, 0.6) is 0 Å². The van der Waals surface area contributed by atoms with E-state index in [0.717, 1.165) is 24.9 Å². The first-order valence-corrected chi connectivity index (χ1v) is 10.3. The fourth-order valence-corrected chi connectivity index (χ4v) is 4.22. The van der Waals surface area contributed by atoms with E-state index < -0.39 is 0 Å². The van der Waals surface area contributed by atoms with Gasteiger partial charge in [-0.25, -0.2) is 9.97 Å². The number of hydrogen-bond acceptors (Lipinski definition) is 8. The largest absolute Gasteiger partial charge is 0.420 e. The maximum absolute atomic E-state index is 12.5. The lowest BCUT2D eigenvalue weighted by Gasteiger charge is -2.31. The Morgan fingerprint density at radius 1 is 1.35 bits per heavy atom. The van der Waals surface area contributed by atoms with E-state index in [2.05, 4.69) is 20.2 Å². The van der Waals surface area contributed by atoms with Crippen LogP contribution in [-0.4, -0.2) is 49.8 Å². The maximum atomic E-state index is 12.5. The summed E-state index contributed by atoms with van der Waals surface area (Å²) in [6.45, 7) is 1.37. The van der Waals surface area contributed by atoms with Crippen molar-refractivity contribution in [1.29, 1.82) is 0 Å². The van der Waals surface area contributed by atoms with Crippen molar-refractivity contribution in [3.8, 4) is 11.5 Å². The number of piperidine rings is 1. The summed E-state index contributed by atoms with van der Waals surface area (Å²) in [5, 5.41) is 12.9. The van der Waals surface area contributed by atoms with Crippen LogP contribution in [0, 0.1) is 0 Å². The molecule has 1 fully saturated rings. The van der Waals surface area contributed by atoms with Crippen LogP contribution < -0.4 is 0 Å². The molecule has 0 spiro atoms. The van der Waals surface area contributed by atoms with E-state index in [-0.39, 0.29) is 11.8 Å². The standard InChI is InChI=1S/C17H17N5O2S2/c23-14(11-26-17-18-5-2-6-19-17)22-7-1-3-12(9-22)15-20-21-16(24-15)13-4-8-25-10-13/h2,4-6,8,10,12H,1,3,7,9,11H2. The summed E-state index contributed by atoms with van der Waals surface area (Å²) in [4.78, 5) is 22.7. The van der Waals surface area contributed by atoms with Gasteiger partial charge in [0.25, 0.3) is 0 Å². The van der Waals surface area contributed by atoms with Crippen molar-refractivity contribution in [2.75, 3.05) is 18.8 Å². The molecule has 1 unspecified atom stereocenters. The molecule has 1 saturated heterocycles. The van der Waals surface area contributed by atoms with E-state index in [0.29, 0.717) is 29.2 Å². The van der Waals surface area contributed by atoms with Gasteiger partial charge in [-0.1, -0.05) is 11.8 Å². The Hall–Kier alpha value is -2.26. The Morgan fingerprint density at radius 3 is 3.04 bits per heavy atom. The van der Waals surface area contributed by atoms with Crippen molar-refractivity contribution in [3.05, 3.63) is 41.2 Å². The molecule has 4 heterocycles. The molecule has 4 rings (SSSR count). The number of aromatic nitrogens is 4. The molecule has 1 aliphatic heterocycles. The molecule has 7 nitrogen and oxygen atoms in total. The first-order chi connectivity index (χ1) is 12.8. The number of carbonyl (C=O) groups excluding carboxylic acids is 1. The molecule has 0 aliphatic carbocycles. The Balaban J connectivity index is 1.37. The molecular formula is C17H17N5O2S2. The maximum Gasteiger partial charge on any atom is 0.248 e. The molecular weight excluding hydrogens is 370 g/mol. The first-order valence-electron chi connectivity index (χ1n) is 8.33. The number of hydrogen-bond donors (Lipinski definition) is 0. The number of carbonyl (C=O) groups is 1. The Labute approximate surface area is 158 Å². The topological polar surface area (TPSA) is 85.0 Å². The van der Waals surface area contributed by atoms with Crippen LogP contribution >= 0.6 is 23.1 Å². The lowest BCUT2D eigenvalue weighted by Crippen LogP contribution is -2.40. The van der Waals surface area contributed by atoms with Crippen LogP contribution in [0.25, 0.3) is 11.5 Å². The van der Waals surface area contributed by atoms with Crippen molar-refractivity contribution in [2.45, 2.75) is 23.9 Å². The SMILES string of the molecule is O=C(CSc1ncccn1)N1CCCC(c2nnc(-c3ccsc3)o2)C1. The molecule has 1 atom stereocenters. The molecule has 0 aromatic carbocycles. The van der Waals surface area contributed by atoms with Gasteiger partial charge in [-0.05, 0) is 30.4 Å². The second-order valence-electron chi connectivity index (χ2n) is 5.96.